The Kier molecular flexibility index (Phi) is 3.76. The van der Waals surface area contributed by atoms with Gasteiger partial charge in [0.05, 0.1) is 8.07 Å². The third-order valence-electron chi connectivity index (χ3n) is 4.30. The summed E-state index contributed by atoms with van der Waals surface area (Å²) in [7, 11) is -1.25. The molecule has 0 spiro atoms. The molecular weight excluding hydrogens is 246 g/mol. The number of hydrogen-bond donors (Lipinski definition) is 1. The normalized spacial score (nSPS) is 21.6. The van der Waals surface area contributed by atoms with Crippen LogP contribution in [-0.2, 0) is 6.42 Å². The Balaban J connectivity index is 2.60. The van der Waals surface area contributed by atoms with Gasteiger partial charge in [0.25, 0.3) is 0 Å². The lowest BCUT2D eigenvalue weighted by Crippen LogP contribution is -2.40. The van der Waals surface area contributed by atoms with Gasteiger partial charge in [0.2, 0.25) is 0 Å². The Bertz CT molecular complexity index is 506. The minimum Gasteiger partial charge on any atom is -0.307 e. The predicted octanol–water partition coefficient (Wildman–Crippen LogP) is 4.26. The monoisotopic (exact) mass is 273 g/mol. The Morgan fingerprint density at radius 2 is 1.79 bits per heavy atom. The first-order chi connectivity index (χ1) is 8.71. The molecule has 1 aliphatic heterocycles. The molecular formula is C17H27NSi. The average molecular weight is 273 g/mol. The van der Waals surface area contributed by atoms with Gasteiger partial charge in [-0.2, -0.15) is 0 Å². The highest BCUT2D eigenvalue weighted by Crippen LogP contribution is 2.31. The molecule has 1 heterocycles. The SMILES string of the molecule is C/C(=C1/CNC(C)(C)Cc2ccccc21)[Si](C)(C)C. The van der Waals surface area contributed by atoms with Gasteiger partial charge in [-0.05, 0) is 43.9 Å². The highest BCUT2D eigenvalue weighted by molar-refractivity contribution is 6.83. The van der Waals surface area contributed by atoms with Crippen molar-refractivity contribution in [3.8, 4) is 0 Å². The van der Waals surface area contributed by atoms with E-state index >= 15 is 0 Å². The first-order valence-electron chi connectivity index (χ1n) is 7.24. The third kappa shape index (κ3) is 3.18. The van der Waals surface area contributed by atoms with E-state index in [0.29, 0.717) is 0 Å². The maximum absolute atomic E-state index is 3.74. The van der Waals surface area contributed by atoms with Crippen LogP contribution in [0.5, 0.6) is 0 Å². The molecule has 2 heteroatoms. The summed E-state index contributed by atoms with van der Waals surface area (Å²) in [5.74, 6) is 0. The molecule has 0 radical (unpaired) electrons. The van der Waals surface area contributed by atoms with Gasteiger partial charge in [-0.3, -0.25) is 0 Å². The van der Waals surface area contributed by atoms with Crippen molar-refractivity contribution in [3.05, 3.63) is 40.6 Å². The molecule has 0 saturated carbocycles. The Morgan fingerprint density at radius 1 is 1.16 bits per heavy atom. The summed E-state index contributed by atoms with van der Waals surface area (Å²) < 4.78 is 0. The van der Waals surface area contributed by atoms with Gasteiger partial charge in [0.15, 0.2) is 0 Å². The van der Waals surface area contributed by atoms with Crippen LogP contribution in [-0.4, -0.2) is 20.2 Å². The van der Waals surface area contributed by atoms with Crippen molar-refractivity contribution in [3.63, 3.8) is 0 Å². The van der Waals surface area contributed by atoms with E-state index < -0.39 is 8.07 Å². The van der Waals surface area contributed by atoms with E-state index in [9.17, 15) is 0 Å². The maximum atomic E-state index is 3.74. The fourth-order valence-corrected chi connectivity index (χ4v) is 3.85. The molecule has 0 aliphatic carbocycles. The zero-order chi connectivity index (χ0) is 14.3. The molecule has 0 bridgehead atoms. The number of benzene rings is 1. The zero-order valence-electron chi connectivity index (χ0n) is 13.2. The molecule has 1 aliphatic rings. The van der Waals surface area contributed by atoms with E-state index in [1.54, 1.807) is 10.8 Å². The lowest BCUT2D eigenvalue weighted by molar-refractivity contribution is 0.413. The summed E-state index contributed by atoms with van der Waals surface area (Å²) in [5.41, 5.74) is 4.68. The zero-order valence-corrected chi connectivity index (χ0v) is 14.2. The smallest absolute Gasteiger partial charge is 0.0725 e. The second kappa shape index (κ2) is 4.91. The van der Waals surface area contributed by atoms with Crippen molar-refractivity contribution < 1.29 is 0 Å². The quantitative estimate of drug-likeness (QED) is 0.754. The van der Waals surface area contributed by atoms with Crippen molar-refractivity contribution in [2.75, 3.05) is 6.54 Å². The van der Waals surface area contributed by atoms with Gasteiger partial charge in [-0.1, -0.05) is 49.1 Å². The second-order valence-electron chi connectivity index (χ2n) is 7.42. The minimum atomic E-state index is -1.25. The van der Waals surface area contributed by atoms with E-state index in [1.165, 1.54) is 11.1 Å². The molecule has 1 N–H and O–H groups in total. The molecule has 0 unspecified atom stereocenters. The standard InChI is InChI=1S/C17H27NSi/c1-13(19(4,5)6)16-12-18-17(2,3)11-14-9-7-8-10-15(14)16/h7-10,18H,11-12H2,1-6H3/b16-13+. The topological polar surface area (TPSA) is 12.0 Å². The van der Waals surface area contributed by atoms with Crippen molar-refractivity contribution in [2.45, 2.75) is 52.4 Å². The summed E-state index contributed by atoms with van der Waals surface area (Å²) in [6.07, 6.45) is 1.10. The summed E-state index contributed by atoms with van der Waals surface area (Å²) in [6.45, 7) is 15.3. The van der Waals surface area contributed by atoms with E-state index in [-0.39, 0.29) is 5.54 Å². The van der Waals surface area contributed by atoms with Gasteiger partial charge < -0.3 is 5.32 Å². The van der Waals surface area contributed by atoms with Crippen LogP contribution in [0.3, 0.4) is 0 Å². The summed E-state index contributed by atoms with van der Waals surface area (Å²) in [6, 6.07) is 8.94. The van der Waals surface area contributed by atoms with E-state index in [4.69, 9.17) is 0 Å². The Morgan fingerprint density at radius 3 is 2.42 bits per heavy atom. The number of nitrogens with one attached hydrogen (secondary N) is 1. The highest BCUT2D eigenvalue weighted by Gasteiger charge is 2.28. The first kappa shape index (κ1) is 14.5. The van der Waals surface area contributed by atoms with Crippen molar-refractivity contribution in [1.82, 2.24) is 5.32 Å². The van der Waals surface area contributed by atoms with Crippen LogP contribution in [0.15, 0.2) is 29.5 Å². The van der Waals surface area contributed by atoms with Crippen LogP contribution in [0.1, 0.15) is 31.9 Å². The van der Waals surface area contributed by atoms with Gasteiger partial charge in [-0.15, -0.1) is 0 Å². The van der Waals surface area contributed by atoms with Crippen LogP contribution in [0.4, 0.5) is 0 Å². The summed E-state index contributed by atoms with van der Waals surface area (Å²) >= 11 is 0. The van der Waals surface area contributed by atoms with Crippen molar-refractivity contribution >= 4 is 13.6 Å². The highest BCUT2D eigenvalue weighted by atomic mass is 28.3. The summed E-state index contributed by atoms with van der Waals surface area (Å²) in [5, 5.41) is 5.36. The fraction of sp³-hybridized carbons (Fsp3) is 0.529. The Hall–Kier alpha value is -0.863. The molecule has 1 aromatic rings. The largest absolute Gasteiger partial charge is 0.307 e. The van der Waals surface area contributed by atoms with Crippen molar-refractivity contribution in [1.29, 1.82) is 0 Å². The molecule has 2 rings (SSSR count). The molecule has 1 aromatic carbocycles. The fourth-order valence-electron chi connectivity index (χ4n) is 2.72. The molecule has 0 fully saturated rings. The molecule has 0 saturated heterocycles. The third-order valence-corrected chi connectivity index (χ3v) is 6.85. The molecule has 0 aromatic heterocycles. The minimum absolute atomic E-state index is 0.178. The lowest BCUT2D eigenvalue weighted by Gasteiger charge is -2.25. The van der Waals surface area contributed by atoms with Gasteiger partial charge in [0.1, 0.15) is 0 Å². The van der Waals surface area contributed by atoms with Gasteiger partial charge in [-0.25, -0.2) is 0 Å². The number of fused-ring (bicyclic) bond motifs is 1. The molecule has 0 amide bonds. The van der Waals surface area contributed by atoms with Crippen LogP contribution in [0, 0.1) is 0 Å². The number of rotatable bonds is 1. The van der Waals surface area contributed by atoms with E-state index in [0.717, 1.165) is 13.0 Å². The van der Waals surface area contributed by atoms with Gasteiger partial charge in [0, 0.05) is 12.1 Å². The van der Waals surface area contributed by atoms with E-state index in [2.05, 4.69) is 70.0 Å². The molecule has 0 atom stereocenters. The second-order valence-corrected chi connectivity index (χ2v) is 12.7. The lowest BCUT2D eigenvalue weighted by atomic mass is 9.92. The summed E-state index contributed by atoms with van der Waals surface area (Å²) in [4.78, 5) is 0. The molecule has 104 valence electrons. The number of allylic oxidation sites excluding steroid dienone is 1. The Labute approximate surface area is 119 Å². The van der Waals surface area contributed by atoms with Crippen LogP contribution >= 0.6 is 0 Å². The van der Waals surface area contributed by atoms with E-state index in [1.807, 2.05) is 0 Å². The maximum Gasteiger partial charge on any atom is 0.0725 e. The molecule has 19 heavy (non-hydrogen) atoms. The van der Waals surface area contributed by atoms with Crippen molar-refractivity contribution in [2.24, 2.45) is 0 Å². The first-order valence-corrected chi connectivity index (χ1v) is 10.7. The van der Waals surface area contributed by atoms with Crippen LogP contribution < -0.4 is 5.32 Å². The van der Waals surface area contributed by atoms with Gasteiger partial charge >= 0.3 is 0 Å². The predicted molar refractivity (Wildman–Crippen MR) is 88.2 cm³/mol. The number of hydrogen-bond acceptors (Lipinski definition) is 1. The molecule has 1 nitrogen and oxygen atoms in total. The van der Waals surface area contributed by atoms with Crippen LogP contribution in [0.25, 0.3) is 5.57 Å². The van der Waals surface area contributed by atoms with Crippen LogP contribution in [0.2, 0.25) is 19.6 Å². The average Bonchev–Trinajstić information content (AvgIpc) is 2.41.